The van der Waals surface area contributed by atoms with Crippen LogP contribution in [0.1, 0.15) is 40.5 Å². The van der Waals surface area contributed by atoms with Crippen molar-refractivity contribution in [1.82, 2.24) is 4.98 Å². The highest BCUT2D eigenvalue weighted by atomic mass is 32.1. The van der Waals surface area contributed by atoms with Crippen molar-refractivity contribution in [3.63, 3.8) is 0 Å². The van der Waals surface area contributed by atoms with Crippen molar-refractivity contribution in [3.8, 4) is 11.3 Å². The zero-order valence-electron chi connectivity index (χ0n) is 9.80. The molecule has 1 aromatic carbocycles. The fraction of sp³-hybridized carbons (Fsp3) is 0.286. The molecule has 1 fully saturated rings. The molecule has 4 heteroatoms. The number of nitrogens with zero attached hydrogens (tertiary/aromatic N) is 1. The Hall–Kier alpha value is -1.68. The first-order valence-electron chi connectivity index (χ1n) is 6.03. The van der Waals surface area contributed by atoms with Gasteiger partial charge in [0, 0.05) is 16.9 Å². The highest BCUT2D eigenvalue weighted by Gasteiger charge is 2.22. The molecule has 3 nitrogen and oxygen atoms in total. The lowest BCUT2D eigenvalue weighted by Crippen LogP contribution is -2.07. The summed E-state index contributed by atoms with van der Waals surface area (Å²) >= 11 is 1.71. The van der Waals surface area contributed by atoms with Crippen molar-refractivity contribution in [1.29, 1.82) is 0 Å². The van der Waals surface area contributed by atoms with Crippen molar-refractivity contribution >= 4 is 17.3 Å². The molecule has 0 unspecified atom stereocenters. The SMILES string of the molecule is O=C(O)c1ccc(-c2csc(C3CCC3)n2)cc1. The molecule has 92 valence electrons. The summed E-state index contributed by atoms with van der Waals surface area (Å²) in [7, 11) is 0. The van der Waals surface area contributed by atoms with E-state index in [-0.39, 0.29) is 0 Å². The molecular formula is C14H13NO2S. The molecule has 1 aromatic heterocycles. The third kappa shape index (κ3) is 2.04. The Morgan fingerprint density at radius 2 is 2.00 bits per heavy atom. The summed E-state index contributed by atoms with van der Waals surface area (Å²) in [5, 5.41) is 12.1. The van der Waals surface area contributed by atoms with E-state index < -0.39 is 5.97 Å². The van der Waals surface area contributed by atoms with Crippen LogP contribution < -0.4 is 0 Å². The second-order valence-corrected chi connectivity index (χ2v) is 5.47. The van der Waals surface area contributed by atoms with Gasteiger partial charge in [-0.1, -0.05) is 18.6 Å². The molecule has 0 amide bonds. The van der Waals surface area contributed by atoms with Crippen LogP contribution in [0.25, 0.3) is 11.3 Å². The topological polar surface area (TPSA) is 50.2 Å². The summed E-state index contributed by atoms with van der Waals surface area (Å²) in [6.45, 7) is 0. The average molecular weight is 259 g/mol. The van der Waals surface area contributed by atoms with Crippen LogP contribution in [0, 0.1) is 0 Å². The van der Waals surface area contributed by atoms with Gasteiger partial charge in [-0.3, -0.25) is 0 Å². The summed E-state index contributed by atoms with van der Waals surface area (Å²) in [5.41, 5.74) is 2.26. The highest BCUT2D eigenvalue weighted by Crippen LogP contribution is 2.39. The molecule has 2 aromatic rings. The summed E-state index contributed by atoms with van der Waals surface area (Å²) in [6.07, 6.45) is 3.82. The third-order valence-electron chi connectivity index (χ3n) is 3.40. The van der Waals surface area contributed by atoms with Crippen LogP contribution in [0.15, 0.2) is 29.6 Å². The van der Waals surface area contributed by atoms with Crippen molar-refractivity contribution in [3.05, 3.63) is 40.2 Å². The highest BCUT2D eigenvalue weighted by molar-refractivity contribution is 7.10. The predicted molar refractivity (Wildman–Crippen MR) is 71.1 cm³/mol. The Bertz CT molecular complexity index is 570. The first-order valence-corrected chi connectivity index (χ1v) is 6.91. The summed E-state index contributed by atoms with van der Waals surface area (Å²) in [5.74, 6) is -0.239. The van der Waals surface area contributed by atoms with E-state index in [0.717, 1.165) is 11.3 Å². The molecule has 18 heavy (non-hydrogen) atoms. The summed E-state index contributed by atoms with van der Waals surface area (Å²) in [6, 6.07) is 6.90. The number of carboxylic acids is 1. The van der Waals surface area contributed by atoms with E-state index in [1.807, 2.05) is 12.1 Å². The molecule has 0 atom stereocenters. The smallest absolute Gasteiger partial charge is 0.335 e. The predicted octanol–water partition coefficient (Wildman–Crippen LogP) is 3.78. The first-order chi connectivity index (χ1) is 8.74. The maximum atomic E-state index is 10.8. The number of hydrogen-bond donors (Lipinski definition) is 1. The van der Waals surface area contributed by atoms with E-state index in [4.69, 9.17) is 5.11 Å². The van der Waals surface area contributed by atoms with Crippen molar-refractivity contribution in [2.24, 2.45) is 0 Å². The largest absolute Gasteiger partial charge is 0.478 e. The molecule has 0 bridgehead atoms. The van der Waals surface area contributed by atoms with Crippen LogP contribution in [0.3, 0.4) is 0 Å². The summed E-state index contributed by atoms with van der Waals surface area (Å²) < 4.78 is 0. The monoisotopic (exact) mass is 259 g/mol. The van der Waals surface area contributed by atoms with Gasteiger partial charge in [-0.05, 0) is 25.0 Å². The standard InChI is InChI=1S/C14H13NO2S/c16-14(17)11-6-4-9(5-7-11)12-8-18-13(15-12)10-2-1-3-10/h4-8,10H,1-3H2,(H,16,17). The lowest BCUT2D eigenvalue weighted by atomic mass is 9.86. The zero-order chi connectivity index (χ0) is 12.5. The molecule has 1 aliphatic carbocycles. The molecule has 0 radical (unpaired) electrons. The number of carbonyl (C=O) groups is 1. The number of aromatic carboxylic acids is 1. The van der Waals surface area contributed by atoms with Crippen molar-refractivity contribution in [2.45, 2.75) is 25.2 Å². The van der Waals surface area contributed by atoms with Gasteiger partial charge in [0.2, 0.25) is 0 Å². The number of rotatable bonds is 3. The third-order valence-corrected chi connectivity index (χ3v) is 4.41. The van der Waals surface area contributed by atoms with Gasteiger partial charge in [-0.25, -0.2) is 9.78 Å². The van der Waals surface area contributed by atoms with Gasteiger partial charge in [-0.2, -0.15) is 0 Å². The van der Waals surface area contributed by atoms with Crippen molar-refractivity contribution in [2.75, 3.05) is 0 Å². The number of carboxylic acid groups (broad SMARTS) is 1. The Kier molecular flexibility index (Phi) is 2.88. The lowest BCUT2D eigenvalue weighted by Gasteiger charge is -2.22. The van der Waals surface area contributed by atoms with Gasteiger partial charge in [0.25, 0.3) is 0 Å². The van der Waals surface area contributed by atoms with Gasteiger partial charge in [0.15, 0.2) is 0 Å². The number of aromatic nitrogens is 1. The number of hydrogen-bond acceptors (Lipinski definition) is 3. The van der Waals surface area contributed by atoms with Crippen LogP contribution >= 0.6 is 11.3 Å². The van der Waals surface area contributed by atoms with E-state index in [9.17, 15) is 4.79 Å². The van der Waals surface area contributed by atoms with E-state index in [2.05, 4.69) is 10.4 Å². The van der Waals surface area contributed by atoms with Crippen LogP contribution in [0.5, 0.6) is 0 Å². The Balaban J connectivity index is 1.85. The fourth-order valence-electron chi connectivity index (χ4n) is 2.05. The average Bonchev–Trinajstić information content (AvgIpc) is 2.76. The van der Waals surface area contributed by atoms with E-state index in [1.54, 1.807) is 23.5 Å². The van der Waals surface area contributed by atoms with Crippen molar-refractivity contribution < 1.29 is 9.90 Å². The van der Waals surface area contributed by atoms with E-state index >= 15 is 0 Å². The first kappa shape index (κ1) is 11.4. The summed E-state index contributed by atoms with van der Waals surface area (Å²) in [4.78, 5) is 15.4. The molecule has 1 heterocycles. The van der Waals surface area contributed by atoms with Crippen LogP contribution in [0.4, 0.5) is 0 Å². The van der Waals surface area contributed by atoms with Gasteiger partial charge in [0.1, 0.15) is 0 Å². The molecular weight excluding hydrogens is 246 g/mol. The Morgan fingerprint density at radius 3 is 2.56 bits per heavy atom. The molecule has 1 saturated carbocycles. The minimum absolute atomic E-state index is 0.313. The fourth-order valence-corrected chi connectivity index (χ4v) is 3.05. The Labute approximate surface area is 109 Å². The quantitative estimate of drug-likeness (QED) is 0.912. The molecule has 3 rings (SSSR count). The zero-order valence-corrected chi connectivity index (χ0v) is 10.6. The maximum Gasteiger partial charge on any atom is 0.335 e. The molecule has 0 spiro atoms. The second kappa shape index (κ2) is 4.53. The van der Waals surface area contributed by atoms with Crippen LogP contribution in [-0.2, 0) is 0 Å². The lowest BCUT2D eigenvalue weighted by molar-refractivity contribution is 0.0697. The molecule has 0 aliphatic heterocycles. The van der Waals surface area contributed by atoms with E-state index in [1.165, 1.54) is 24.3 Å². The second-order valence-electron chi connectivity index (χ2n) is 4.58. The van der Waals surface area contributed by atoms with Crippen LogP contribution in [-0.4, -0.2) is 16.1 Å². The van der Waals surface area contributed by atoms with Gasteiger partial charge in [0.05, 0.1) is 16.3 Å². The van der Waals surface area contributed by atoms with Crippen LogP contribution in [0.2, 0.25) is 0 Å². The minimum atomic E-state index is -0.894. The number of thiazole rings is 1. The number of benzene rings is 1. The van der Waals surface area contributed by atoms with E-state index in [0.29, 0.717) is 11.5 Å². The van der Waals surface area contributed by atoms with Gasteiger partial charge < -0.3 is 5.11 Å². The minimum Gasteiger partial charge on any atom is -0.478 e. The molecule has 1 N–H and O–H groups in total. The van der Waals surface area contributed by atoms with Gasteiger partial charge in [-0.15, -0.1) is 11.3 Å². The Morgan fingerprint density at radius 1 is 1.28 bits per heavy atom. The molecule has 0 saturated heterocycles. The maximum absolute atomic E-state index is 10.8. The molecule has 1 aliphatic rings. The van der Waals surface area contributed by atoms with Gasteiger partial charge >= 0.3 is 5.97 Å². The normalized spacial score (nSPS) is 15.3.